The largest absolute Gasteiger partial charge is 0.507 e. The van der Waals surface area contributed by atoms with Crippen LogP contribution in [0.3, 0.4) is 0 Å². The van der Waals surface area contributed by atoms with E-state index < -0.39 is 0 Å². The number of phenols is 1. The summed E-state index contributed by atoms with van der Waals surface area (Å²) in [6, 6.07) is 11.1. The molecule has 5 nitrogen and oxygen atoms in total. The Morgan fingerprint density at radius 3 is 2.10 bits per heavy atom. The topological polar surface area (TPSA) is 67.5 Å². The molecule has 3 rings (SSSR count). The SMILES string of the molecule is Cc1nc2ccccc2c(=O)n1/N=C\c1cc(C(C)(C)C)c(O)c(C(C)(C)C)c1. The summed E-state index contributed by atoms with van der Waals surface area (Å²) in [4.78, 5) is 17.3. The van der Waals surface area contributed by atoms with Gasteiger partial charge in [-0.25, -0.2) is 4.98 Å². The van der Waals surface area contributed by atoms with E-state index in [-0.39, 0.29) is 16.4 Å². The molecule has 1 heterocycles. The van der Waals surface area contributed by atoms with Crippen LogP contribution in [-0.4, -0.2) is 21.0 Å². The zero-order chi connectivity index (χ0) is 21.6. The molecule has 1 N–H and O–H groups in total. The fourth-order valence-corrected chi connectivity index (χ4v) is 3.37. The highest BCUT2D eigenvalue weighted by Crippen LogP contribution is 2.39. The molecule has 0 bridgehead atoms. The van der Waals surface area contributed by atoms with Crippen LogP contribution < -0.4 is 5.56 Å². The number of para-hydroxylation sites is 1. The molecule has 0 amide bonds. The summed E-state index contributed by atoms with van der Waals surface area (Å²) >= 11 is 0. The molecule has 0 aliphatic heterocycles. The smallest absolute Gasteiger partial charge is 0.282 e. The van der Waals surface area contributed by atoms with Crippen molar-refractivity contribution in [2.24, 2.45) is 5.10 Å². The standard InChI is InChI=1S/C24H29N3O2/c1-15-26-20-11-9-8-10-17(20)22(29)27(15)25-14-16-12-18(23(2,3)4)21(28)19(13-16)24(5,6)7/h8-14,28H,1-7H3/b25-14-. The maximum Gasteiger partial charge on any atom is 0.282 e. The normalized spacial score (nSPS) is 12.8. The summed E-state index contributed by atoms with van der Waals surface area (Å²) in [6.45, 7) is 14.2. The van der Waals surface area contributed by atoms with Crippen molar-refractivity contribution in [1.29, 1.82) is 0 Å². The minimum Gasteiger partial charge on any atom is -0.507 e. The van der Waals surface area contributed by atoms with Crippen molar-refractivity contribution in [3.63, 3.8) is 0 Å². The number of fused-ring (bicyclic) bond motifs is 1. The number of phenolic OH excluding ortho intramolecular Hbond substituents is 1. The number of nitrogens with zero attached hydrogens (tertiary/aromatic N) is 3. The first-order valence-corrected chi connectivity index (χ1v) is 9.80. The summed E-state index contributed by atoms with van der Waals surface area (Å²) in [5.74, 6) is 0.846. The van der Waals surface area contributed by atoms with Crippen LogP contribution in [0, 0.1) is 6.92 Å². The first-order chi connectivity index (χ1) is 13.4. The lowest BCUT2D eigenvalue weighted by Crippen LogP contribution is -2.21. The highest BCUT2D eigenvalue weighted by molar-refractivity contribution is 5.82. The summed E-state index contributed by atoms with van der Waals surface area (Å²) in [7, 11) is 0. The fourth-order valence-electron chi connectivity index (χ4n) is 3.37. The molecule has 5 heteroatoms. The number of aromatic hydroxyl groups is 1. The van der Waals surface area contributed by atoms with Crippen molar-refractivity contribution in [2.75, 3.05) is 0 Å². The minimum absolute atomic E-state index is 0.199. The van der Waals surface area contributed by atoms with Crippen LogP contribution >= 0.6 is 0 Å². The number of hydrogen-bond donors (Lipinski definition) is 1. The Morgan fingerprint density at radius 1 is 1.00 bits per heavy atom. The zero-order valence-electron chi connectivity index (χ0n) is 18.2. The van der Waals surface area contributed by atoms with E-state index >= 15 is 0 Å². The van der Waals surface area contributed by atoms with E-state index in [0.717, 1.165) is 16.7 Å². The van der Waals surface area contributed by atoms with Gasteiger partial charge >= 0.3 is 0 Å². The monoisotopic (exact) mass is 391 g/mol. The molecule has 1 aromatic heterocycles. The molecule has 0 saturated carbocycles. The predicted molar refractivity (Wildman–Crippen MR) is 119 cm³/mol. The van der Waals surface area contributed by atoms with Gasteiger partial charge in [0.05, 0.1) is 17.1 Å². The summed E-state index contributed by atoms with van der Waals surface area (Å²) in [5, 5.41) is 15.8. The van der Waals surface area contributed by atoms with Crippen LogP contribution in [0.4, 0.5) is 0 Å². The lowest BCUT2D eigenvalue weighted by Gasteiger charge is -2.27. The van der Waals surface area contributed by atoms with Crippen molar-refractivity contribution in [1.82, 2.24) is 9.66 Å². The van der Waals surface area contributed by atoms with Gasteiger partial charge in [0.2, 0.25) is 0 Å². The van der Waals surface area contributed by atoms with Crippen molar-refractivity contribution in [3.8, 4) is 5.75 Å². The van der Waals surface area contributed by atoms with Crippen LogP contribution in [0.1, 0.15) is 64.1 Å². The average molecular weight is 392 g/mol. The van der Waals surface area contributed by atoms with Crippen LogP contribution in [0.15, 0.2) is 46.3 Å². The number of aryl methyl sites for hydroxylation is 1. The van der Waals surface area contributed by atoms with Gasteiger partial charge in [-0.2, -0.15) is 9.78 Å². The molecule has 152 valence electrons. The van der Waals surface area contributed by atoms with Crippen LogP contribution in [0.25, 0.3) is 10.9 Å². The van der Waals surface area contributed by atoms with Crippen molar-refractivity contribution in [2.45, 2.75) is 59.3 Å². The van der Waals surface area contributed by atoms with Crippen molar-refractivity contribution >= 4 is 17.1 Å². The van der Waals surface area contributed by atoms with E-state index in [4.69, 9.17) is 0 Å². The lowest BCUT2D eigenvalue weighted by atomic mass is 9.78. The summed E-state index contributed by atoms with van der Waals surface area (Å²) in [6.07, 6.45) is 1.66. The van der Waals surface area contributed by atoms with Gasteiger partial charge in [-0.15, -0.1) is 0 Å². The number of rotatable bonds is 2. The molecule has 0 aliphatic rings. The van der Waals surface area contributed by atoms with Gasteiger partial charge in [-0.3, -0.25) is 4.79 Å². The van der Waals surface area contributed by atoms with E-state index in [1.54, 1.807) is 19.2 Å². The molecule has 3 aromatic rings. The second kappa shape index (κ2) is 7.14. The van der Waals surface area contributed by atoms with Gasteiger partial charge in [0, 0.05) is 11.1 Å². The Labute approximate surface area is 171 Å². The second-order valence-electron chi connectivity index (χ2n) is 9.50. The van der Waals surface area contributed by atoms with Crippen LogP contribution in [-0.2, 0) is 10.8 Å². The van der Waals surface area contributed by atoms with Crippen molar-refractivity contribution in [3.05, 3.63) is 69.3 Å². The number of hydrogen-bond acceptors (Lipinski definition) is 4. The highest BCUT2D eigenvalue weighted by Gasteiger charge is 2.26. The zero-order valence-corrected chi connectivity index (χ0v) is 18.2. The van der Waals surface area contributed by atoms with Crippen LogP contribution in [0.5, 0.6) is 5.75 Å². The minimum atomic E-state index is -0.231. The second-order valence-corrected chi connectivity index (χ2v) is 9.50. The van der Waals surface area contributed by atoms with Gasteiger partial charge in [-0.1, -0.05) is 53.7 Å². The molecule has 29 heavy (non-hydrogen) atoms. The Balaban J connectivity index is 2.17. The van der Waals surface area contributed by atoms with Crippen LogP contribution in [0.2, 0.25) is 0 Å². The third-order valence-electron chi connectivity index (χ3n) is 4.99. The molecule has 2 aromatic carbocycles. The highest BCUT2D eigenvalue weighted by atomic mass is 16.3. The third-order valence-corrected chi connectivity index (χ3v) is 4.99. The molecule has 0 aliphatic carbocycles. The number of aromatic nitrogens is 2. The Kier molecular flexibility index (Phi) is 5.11. The average Bonchev–Trinajstić information content (AvgIpc) is 2.60. The third kappa shape index (κ3) is 4.09. The van der Waals surface area contributed by atoms with E-state index in [1.807, 2.05) is 30.3 Å². The molecular formula is C24H29N3O2. The molecule has 0 spiro atoms. The summed E-state index contributed by atoms with van der Waals surface area (Å²) < 4.78 is 1.32. The maximum absolute atomic E-state index is 12.8. The fraction of sp³-hybridized carbons (Fsp3) is 0.375. The molecular weight excluding hydrogens is 362 g/mol. The Hall–Kier alpha value is -2.95. The van der Waals surface area contributed by atoms with Gasteiger partial charge in [-0.05, 0) is 47.6 Å². The van der Waals surface area contributed by atoms with Gasteiger partial charge in [0.1, 0.15) is 11.6 Å². The first kappa shape index (κ1) is 20.8. The van der Waals surface area contributed by atoms with E-state index in [1.165, 1.54) is 4.68 Å². The van der Waals surface area contributed by atoms with Gasteiger partial charge < -0.3 is 5.11 Å². The van der Waals surface area contributed by atoms with Gasteiger partial charge in [0.25, 0.3) is 5.56 Å². The lowest BCUT2D eigenvalue weighted by molar-refractivity contribution is 0.423. The predicted octanol–water partition coefficient (Wildman–Crippen LogP) is 4.89. The molecule has 0 saturated heterocycles. The Morgan fingerprint density at radius 2 is 1.55 bits per heavy atom. The number of benzene rings is 2. The molecule has 0 atom stereocenters. The van der Waals surface area contributed by atoms with Gasteiger partial charge in [0.15, 0.2) is 0 Å². The molecule has 0 fully saturated rings. The molecule has 0 radical (unpaired) electrons. The van der Waals surface area contributed by atoms with E-state index in [2.05, 4.69) is 51.6 Å². The molecule has 0 unspecified atom stereocenters. The maximum atomic E-state index is 12.8. The quantitative estimate of drug-likeness (QED) is 0.633. The van der Waals surface area contributed by atoms with Crippen molar-refractivity contribution < 1.29 is 5.11 Å². The summed E-state index contributed by atoms with van der Waals surface area (Å²) in [5.41, 5.74) is 2.54. The van der Waals surface area contributed by atoms with E-state index in [9.17, 15) is 9.90 Å². The first-order valence-electron chi connectivity index (χ1n) is 9.80. The Bertz CT molecular complexity index is 1120. The van der Waals surface area contributed by atoms with E-state index in [0.29, 0.717) is 22.5 Å².